The summed E-state index contributed by atoms with van der Waals surface area (Å²) >= 11 is 0. The molecule has 3 rings (SSSR count). The first-order valence-corrected chi connectivity index (χ1v) is 6.74. The molecule has 0 spiro atoms. The largest absolute Gasteiger partial charge is 0.342 e. The highest BCUT2D eigenvalue weighted by molar-refractivity contribution is 5.73. The molecule has 1 saturated heterocycles. The molecule has 0 radical (unpaired) electrons. The average molecular weight is 271 g/mol. The van der Waals surface area contributed by atoms with Crippen LogP contribution in [0.2, 0.25) is 0 Å². The fourth-order valence-corrected chi connectivity index (χ4v) is 2.57. The van der Waals surface area contributed by atoms with Crippen molar-refractivity contribution in [2.75, 3.05) is 13.1 Å². The zero-order chi connectivity index (χ0) is 14.1. The second kappa shape index (κ2) is 5.03. The van der Waals surface area contributed by atoms with Gasteiger partial charge in [-0.15, -0.1) is 0 Å². The van der Waals surface area contributed by atoms with Crippen LogP contribution in [-0.2, 0) is 4.79 Å². The zero-order valence-electron chi connectivity index (χ0n) is 11.6. The molecule has 1 atom stereocenters. The van der Waals surface area contributed by atoms with E-state index in [1.807, 2.05) is 24.0 Å². The highest BCUT2D eigenvalue weighted by Crippen LogP contribution is 2.26. The maximum Gasteiger partial charge on any atom is 0.219 e. The van der Waals surface area contributed by atoms with Crippen LogP contribution in [0.4, 0.5) is 0 Å². The number of aromatic amines is 1. The second-order valence-electron chi connectivity index (χ2n) is 5.17. The van der Waals surface area contributed by atoms with Gasteiger partial charge in [0.1, 0.15) is 5.82 Å². The maximum absolute atomic E-state index is 11.4. The molecule has 0 bridgehead atoms. The van der Waals surface area contributed by atoms with Gasteiger partial charge in [0.2, 0.25) is 5.91 Å². The number of nitrogens with zero attached hydrogens (tertiary/aromatic N) is 4. The van der Waals surface area contributed by atoms with Crippen LogP contribution in [0.25, 0.3) is 11.4 Å². The van der Waals surface area contributed by atoms with Crippen LogP contribution in [0.1, 0.15) is 30.8 Å². The van der Waals surface area contributed by atoms with E-state index in [-0.39, 0.29) is 11.8 Å². The molecule has 6 nitrogen and oxygen atoms in total. The van der Waals surface area contributed by atoms with E-state index in [2.05, 4.69) is 20.2 Å². The number of likely N-dealkylation sites (tertiary alicyclic amines) is 1. The van der Waals surface area contributed by atoms with E-state index >= 15 is 0 Å². The van der Waals surface area contributed by atoms with Crippen molar-refractivity contribution in [1.82, 2.24) is 25.1 Å². The van der Waals surface area contributed by atoms with Crippen molar-refractivity contribution < 1.29 is 4.79 Å². The van der Waals surface area contributed by atoms with Crippen LogP contribution in [0, 0.1) is 6.92 Å². The number of carbonyl (C=O) groups excluding carboxylic acids is 1. The molecule has 0 aliphatic carbocycles. The zero-order valence-corrected chi connectivity index (χ0v) is 11.6. The fourth-order valence-electron chi connectivity index (χ4n) is 2.57. The van der Waals surface area contributed by atoms with Gasteiger partial charge in [0.05, 0.1) is 11.4 Å². The van der Waals surface area contributed by atoms with Gasteiger partial charge < -0.3 is 4.90 Å². The molecular weight excluding hydrogens is 254 g/mol. The molecule has 1 N–H and O–H groups in total. The lowest BCUT2D eigenvalue weighted by molar-refractivity contribution is -0.127. The molecule has 1 aliphatic heterocycles. The summed E-state index contributed by atoms with van der Waals surface area (Å²) in [6.45, 7) is 5.07. The predicted molar refractivity (Wildman–Crippen MR) is 74.0 cm³/mol. The summed E-state index contributed by atoms with van der Waals surface area (Å²) in [6, 6.07) is 3.83. The lowest BCUT2D eigenvalue weighted by Gasteiger charge is -2.14. The smallest absolute Gasteiger partial charge is 0.219 e. The van der Waals surface area contributed by atoms with E-state index in [1.54, 1.807) is 13.1 Å². The van der Waals surface area contributed by atoms with Crippen LogP contribution in [0.15, 0.2) is 18.3 Å². The first kappa shape index (κ1) is 12.8. The van der Waals surface area contributed by atoms with Gasteiger partial charge in [-0.1, -0.05) is 0 Å². The van der Waals surface area contributed by atoms with Crippen LogP contribution in [0.5, 0.6) is 0 Å². The van der Waals surface area contributed by atoms with Crippen LogP contribution < -0.4 is 0 Å². The molecule has 0 aromatic carbocycles. The topological polar surface area (TPSA) is 74.8 Å². The van der Waals surface area contributed by atoms with E-state index in [0.717, 1.165) is 35.9 Å². The summed E-state index contributed by atoms with van der Waals surface area (Å²) in [5, 5.41) is 6.87. The molecule has 2 aromatic rings. The molecule has 1 amide bonds. The highest BCUT2D eigenvalue weighted by atomic mass is 16.2. The number of aromatic nitrogens is 4. The van der Waals surface area contributed by atoms with Crippen molar-refractivity contribution in [1.29, 1.82) is 0 Å². The van der Waals surface area contributed by atoms with E-state index in [9.17, 15) is 4.79 Å². The van der Waals surface area contributed by atoms with Crippen LogP contribution >= 0.6 is 0 Å². The average Bonchev–Trinajstić information content (AvgIpc) is 3.10. The lowest BCUT2D eigenvalue weighted by atomic mass is 10.1. The Morgan fingerprint density at radius 2 is 2.30 bits per heavy atom. The SMILES string of the molecule is CC(=O)N1CC[C@@H](c2nc(C)cc(-c3ccn[nH]3)n2)C1. The Balaban J connectivity index is 1.89. The van der Waals surface area contributed by atoms with Gasteiger partial charge in [0.15, 0.2) is 0 Å². The summed E-state index contributed by atoms with van der Waals surface area (Å²) in [6.07, 6.45) is 2.63. The molecule has 1 aliphatic rings. The molecule has 104 valence electrons. The van der Waals surface area contributed by atoms with Crippen molar-refractivity contribution in [2.24, 2.45) is 0 Å². The summed E-state index contributed by atoms with van der Waals surface area (Å²) in [5.41, 5.74) is 2.67. The Labute approximate surface area is 117 Å². The summed E-state index contributed by atoms with van der Waals surface area (Å²) in [5.74, 6) is 1.16. The summed E-state index contributed by atoms with van der Waals surface area (Å²) < 4.78 is 0. The highest BCUT2D eigenvalue weighted by Gasteiger charge is 2.27. The second-order valence-corrected chi connectivity index (χ2v) is 5.17. The predicted octanol–water partition coefficient (Wildman–Crippen LogP) is 1.51. The third-order valence-electron chi connectivity index (χ3n) is 3.65. The lowest BCUT2D eigenvalue weighted by Crippen LogP contribution is -2.25. The standard InChI is InChI=1S/C14H17N5O/c1-9-7-13(12-3-5-15-18-12)17-14(16-9)11-4-6-19(8-11)10(2)20/h3,5,7,11H,4,6,8H2,1-2H3,(H,15,18)/t11-/m1/s1. The maximum atomic E-state index is 11.4. The number of aryl methyl sites for hydroxylation is 1. The Bertz CT molecular complexity index is 622. The number of hydrogen-bond donors (Lipinski definition) is 1. The van der Waals surface area contributed by atoms with E-state index in [1.165, 1.54) is 0 Å². The summed E-state index contributed by atoms with van der Waals surface area (Å²) in [7, 11) is 0. The molecule has 0 saturated carbocycles. The molecule has 20 heavy (non-hydrogen) atoms. The number of carbonyl (C=O) groups is 1. The van der Waals surface area contributed by atoms with Gasteiger partial charge in [0, 0.05) is 37.8 Å². The van der Waals surface area contributed by atoms with Crippen LogP contribution in [0.3, 0.4) is 0 Å². The van der Waals surface area contributed by atoms with Gasteiger partial charge in [-0.25, -0.2) is 9.97 Å². The van der Waals surface area contributed by atoms with E-state index in [0.29, 0.717) is 6.54 Å². The monoisotopic (exact) mass is 271 g/mol. The number of amides is 1. The van der Waals surface area contributed by atoms with Crippen molar-refractivity contribution in [3.63, 3.8) is 0 Å². The fraction of sp³-hybridized carbons (Fsp3) is 0.429. The summed E-state index contributed by atoms with van der Waals surface area (Å²) in [4.78, 5) is 22.4. The van der Waals surface area contributed by atoms with Gasteiger partial charge >= 0.3 is 0 Å². The van der Waals surface area contributed by atoms with Gasteiger partial charge in [-0.05, 0) is 25.5 Å². The number of hydrogen-bond acceptors (Lipinski definition) is 4. The minimum atomic E-state index is 0.119. The van der Waals surface area contributed by atoms with Crippen LogP contribution in [-0.4, -0.2) is 44.1 Å². The molecule has 1 fully saturated rings. The van der Waals surface area contributed by atoms with E-state index < -0.39 is 0 Å². The van der Waals surface area contributed by atoms with Crippen molar-refractivity contribution in [2.45, 2.75) is 26.2 Å². The molecular formula is C14H17N5O. The number of nitrogens with one attached hydrogen (secondary N) is 1. The van der Waals surface area contributed by atoms with Gasteiger partial charge in [0.25, 0.3) is 0 Å². The Morgan fingerprint density at radius 3 is 2.95 bits per heavy atom. The first-order valence-electron chi connectivity index (χ1n) is 6.74. The van der Waals surface area contributed by atoms with Gasteiger partial charge in [-0.2, -0.15) is 5.10 Å². The first-order chi connectivity index (χ1) is 9.63. The normalized spacial score (nSPS) is 18.5. The minimum Gasteiger partial charge on any atom is -0.342 e. The van der Waals surface area contributed by atoms with Crippen molar-refractivity contribution in [3.05, 3.63) is 29.8 Å². The quantitative estimate of drug-likeness (QED) is 0.898. The third kappa shape index (κ3) is 2.41. The van der Waals surface area contributed by atoms with E-state index in [4.69, 9.17) is 0 Å². The minimum absolute atomic E-state index is 0.119. The Hall–Kier alpha value is -2.24. The molecule has 2 aromatic heterocycles. The molecule has 0 unspecified atom stereocenters. The number of H-pyrrole nitrogens is 1. The van der Waals surface area contributed by atoms with Crippen molar-refractivity contribution in [3.8, 4) is 11.4 Å². The van der Waals surface area contributed by atoms with Gasteiger partial charge in [-0.3, -0.25) is 9.89 Å². The third-order valence-corrected chi connectivity index (χ3v) is 3.65. The molecule has 3 heterocycles. The number of rotatable bonds is 2. The van der Waals surface area contributed by atoms with Crippen molar-refractivity contribution >= 4 is 5.91 Å². The Morgan fingerprint density at radius 1 is 1.45 bits per heavy atom. The molecule has 6 heteroatoms. The Kier molecular flexibility index (Phi) is 3.22.